The van der Waals surface area contributed by atoms with E-state index in [9.17, 15) is 19.7 Å². The van der Waals surface area contributed by atoms with E-state index in [1.807, 2.05) is 0 Å². The largest absolute Gasteiger partial charge is 0.388 e. The minimum Gasteiger partial charge on any atom is -0.388 e. The summed E-state index contributed by atoms with van der Waals surface area (Å²) < 4.78 is 12.8. The zero-order chi connectivity index (χ0) is 14.5. The summed E-state index contributed by atoms with van der Waals surface area (Å²) in [5, 5.41) is 32.4. The smallest absolute Gasteiger partial charge is 0.113 e. The summed E-state index contributed by atoms with van der Waals surface area (Å²) in [4.78, 5) is 0. The van der Waals surface area contributed by atoms with Crippen molar-refractivity contribution in [3.8, 4) is 0 Å². The average molecular weight is 287 g/mol. The van der Waals surface area contributed by atoms with Gasteiger partial charge in [0.25, 0.3) is 0 Å². The topological polar surface area (TPSA) is 72.7 Å². The molecule has 0 spiro atoms. The minimum absolute atomic E-state index is 0.151. The molecule has 0 aromatic rings. The Morgan fingerprint density at radius 1 is 1.10 bits per heavy atom. The second-order valence-electron chi connectivity index (χ2n) is 6.07. The van der Waals surface area contributed by atoms with E-state index in [4.69, 9.17) is 0 Å². The molecule has 2 rings (SSSR count). The van der Waals surface area contributed by atoms with Crippen molar-refractivity contribution in [3.63, 3.8) is 0 Å². The molecule has 5 heteroatoms. The van der Waals surface area contributed by atoms with Crippen LogP contribution in [0.5, 0.6) is 0 Å². The lowest BCUT2D eigenvalue weighted by Gasteiger charge is -2.34. The van der Waals surface area contributed by atoms with Crippen LogP contribution in [0.4, 0.5) is 4.39 Å². The molecule has 0 unspecified atom stereocenters. The second-order valence-corrected chi connectivity index (χ2v) is 6.07. The van der Waals surface area contributed by atoms with Crippen LogP contribution >= 0.6 is 0 Å². The molecule has 0 bridgehead atoms. The highest BCUT2D eigenvalue weighted by Gasteiger charge is 2.36. The van der Waals surface area contributed by atoms with Crippen LogP contribution in [-0.4, -0.2) is 52.9 Å². The Bertz CT molecular complexity index is 331. The van der Waals surface area contributed by atoms with E-state index >= 15 is 0 Å². The quantitative estimate of drug-likeness (QED) is 0.567. The molecular formula is C15H26FNO3. The Morgan fingerprint density at radius 2 is 1.80 bits per heavy atom. The number of halogens is 1. The number of alkyl halides is 1. The van der Waals surface area contributed by atoms with Crippen molar-refractivity contribution < 1.29 is 19.7 Å². The van der Waals surface area contributed by atoms with Crippen LogP contribution in [0, 0.1) is 5.92 Å². The van der Waals surface area contributed by atoms with Crippen molar-refractivity contribution in [1.29, 1.82) is 0 Å². The maximum Gasteiger partial charge on any atom is 0.113 e. The maximum absolute atomic E-state index is 12.8. The van der Waals surface area contributed by atoms with Gasteiger partial charge in [-0.1, -0.05) is 38.2 Å². The van der Waals surface area contributed by atoms with E-state index in [0.717, 1.165) is 18.9 Å². The van der Waals surface area contributed by atoms with Crippen LogP contribution in [-0.2, 0) is 0 Å². The fraction of sp³-hybridized carbons (Fsp3) is 0.867. The normalized spacial score (nSPS) is 35.9. The number of hydrogen-bond acceptors (Lipinski definition) is 4. The maximum atomic E-state index is 12.8. The zero-order valence-corrected chi connectivity index (χ0v) is 11.8. The number of hydrogen-bond donors (Lipinski definition) is 4. The number of nitrogens with one attached hydrogen (secondary N) is 1. The monoisotopic (exact) mass is 287 g/mol. The first-order chi connectivity index (χ1) is 9.63. The number of aliphatic hydroxyl groups excluding tert-OH is 3. The fourth-order valence-electron chi connectivity index (χ4n) is 3.28. The molecule has 1 fully saturated rings. The third-order valence-electron chi connectivity index (χ3n) is 4.63. The van der Waals surface area contributed by atoms with Crippen LogP contribution in [0.15, 0.2) is 11.6 Å². The summed E-state index contributed by atoms with van der Waals surface area (Å²) in [5.41, 5.74) is 0.151. The molecule has 4 atom stereocenters. The van der Waals surface area contributed by atoms with Gasteiger partial charge in [-0.05, 0) is 24.5 Å². The fourth-order valence-corrected chi connectivity index (χ4v) is 3.28. The second kappa shape index (κ2) is 7.50. The molecule has 4 N–H and O–H groups in total. The van der Waals surface area contributed by atoms with Gasteiger partial charge >= 0.3 is 0 Å². The van der Waals surface area contributed by atoms with E-state index in [0.29, 0.717) is 0 Å². The molecule has 4 nitrogen and oxygen atoms in total. The van der Waals surface area contributed by atoms with Gasteiger partial charge in [0.05, 0.1) is 6.04 Å². The molecule has 0 aromatic carbocycles. The standard InChI is InChI=1S/C15H26FNO3/c16-9-11-8-12(14(19)15(20)13(11)18)17-7-6-10-4-2-1-3-5-10/h8,10,12-15,17-20H,1-7,9H2/t12-,13+,14+,15+/m1/s1. The van der Waals surface area contributed by atoms with Gasteiger partial charge in [0.2, 0.25) is 0 Å². The first-order valence-electron chi connectivity index (χ1n) is 7.67. The van der Waals surface area contributed by atoms with Crippen molar-refractivity contribution >= 4 is 0 Å². The van der Waals surface area contributed by atoms with Crippen LogP contribution in [0.2, 0.25) is 0 Å². The van der Waals surface area contributed by atoms with Gasteiger partial charge in [0.15, 0.2) is 0 Å². The van der Waals surface area contributed by atoms with Crippen LogP contribution in [0.3, 0.4) is 0 Å². The van der Waals surface area contributed by atoms with Gasteiger partial charge in [-0.2, -0.15) is 0 Å². The summed E-state index contributed by atoms with van der Waals surface area (Å²) in [7, 11) is 0. The summed E-state index contributed by atoms with van der Waals surface area (Å²) in [6.45, 7) is -0.0585. The van der Waals surface area contributed by atoms with Crippen molar-refractivity contribution in [1.82, 2.24) is 5.32 Å². The third kappa shape index (κ3) is 3.79. The predicted octanol–water partition coefficient (Wildman–Crippen LogP) is 0.907. The predicted molar refractivity (Wildman–Crippen MR) is 75.1 cm³/mol. The molecule has 2 aliphatic carbocycles. The summed E-state index contributed by atoms with van der Waals surface area (Å²) in [5.74, 6) is 0.733. The molecule has 0 amide bonds. The molecule has 0 saturated heterocycles. The van der Waals surface area contributed by atoms with Gasteiger partial charge in [-0.3, -0.25) is 0 Å². The zero-order valence-electron chi connectivity index (χ0n) is 11.8. The van der Waals surface area contributed by atoms with Gasteiger partial charge in [-0.15, -0.1) is 0 Å². The molecule has 1 saturated carbocycles. The Morgan fingerprint density at radius 3 is 2.45 bits per heavy atom. The van der Waals surface area contributed by atoms with Crippen molar-refractivity contribution in [3.05, 3.63) is 11.6 Å². The van der Waals surface area contributed by atoms with Crippen LogP contribution in [0.1, 0.15) is 38.5 Å². The summed E-state index contributed by atoms with van der Waals surface area (Å²) in [6.07, 6.45) is 5.31. The van der Waals surface area contributed by atoms with Gasteiger partial charge in [0, 0.05) is 0 Å². The molecule has 0 aliphatic heterocycles. The number of rotatable bonds is 5. The van der Waals surface area contributed by atoms with Crippen molar-refractivity contribution in [2.75, 3.05) is 13.2 Å². The lowest BCUT2D eigenvalue weighted by Crippen LogP contribution is -2.54. The average Bonchev–Trinajstić information content (AvgIpc) is 2.48. The van der Waals surface area contributed by atoms with Crippen LogP contribution < -0.4 is 5.32 Å². The molecule has 116 valence electrons. The Kier molecular flexibility index (Phi) is 5.96. The first kappa shape index (κ1) is 15.9. The minimum atomic E-state index is -1.32. The summed E-state index contributed by atoms with van der Waals surface area (Å²) >= 11 is 0. The van der Waals surface area contributed by atoms with Crippen LogP contribution in [0.25, 0.3) is 0 Å². The molecular weight excluding hydrogens is 261 g/mol. The van der Waals surface area contributed by atoms with Gasteiger partial charge in [0.1, 0.15) is 25.0 Å². The molecule has 0 radical (unpaired) electrons. The van der Waals surface area contributed by atoms with Gasteiger partial charge < -0.3 is 20.6 Å². The lowest BCUT2D eigenvalue weighted by atomic mass is 9.86. The highest BCUT2D eigenvalue weighted by atomic mass is 19.1. The van der Waals surface area contributed by atoms with E-state index in [1.54, 1.807) is 0 Å². The van der Waals surface area contributed by atoms with E-state index in [-0.39, 0.29) is 5.57 Å². The van der Waals surface area contributed by atoms with Crippen molar-refractivity contribution in [2.45, 2.75) is 62.9 Å². The molecule has 2 aliphatic rings. The molecule has 0 aromatic heterocycles. The lowest BCUT2D eigenvalue weighted by molar-refractivity contribution is -0.0629. The Labute approximate surface area is 119 Å². The number of aliphatic hydroxyl groups is 3. The highest BCUT2D eigenvalue weighted by Crippen LogP contribution is 2.26. The highest BCUT2D eigenvalue weighted by molar-refractivity contribution is 5.21. The van der Waals surface area contributed by atoms with E-state index in [1.165, 1.54) is 38.2 Å². The molecule has 20 heavy (non-hydrogen) atoms. The SMILES string of the molecule is O[C@@H]1[C@@H](O)[C@@H](O)C(CF)=C[C@H]1NCCC1CCCCC1. The Balaban J connectivity index is 1.82. The third-order valence-corrected chi connectivity index (χ3v) is 4.63. The molecule has 0 heterocycles. The first-order valence-corrected chi connectivity index (χ1v) is 7.67. The van der Waals surface area contributed by atoms with E-state index < -0.39 is 31.0 Å². The summed E-state index contributed by atoms with van der Waals surface area (Å²) in [6, 6.07) is -0.484. The van der Waals surface area contributed by atoms with Crippen molar-refractivity contribution in [2.24, 2.45) is 5.92 Å². The Hall–Kier alpha value is -0.490. The van der Waals surface area contributed by atoms with E-state index in [2.05, 4.69) is 5.32 Å². The van der Waals surface area contributed by atoms with Gasteiger partial charge in [-0.25, -0.2) is 4.39 Å².